The number of fused-ring (bicyclic) bond motifs is 1. The molecular weight excluding hydrogens is 223 g/mol. The van der Waals surface area contributed by atoms with Gasteiger partial charge in [-0.2, -0.15) is 11.8 Å². The van der Waals surface area contributed by atoms with E-state index in [9.17, 15) is 0 Å². The quantitative estimate of drug-likeness (QED) is 0.724. The van der Waals surface area contributed by atoms with E-state index in [-0.39, 0.29) is 0 Å². The fourth-order valence-electron chi connectivity index (χ4n) is 3.30. The molecule has 0 saturated carbocycles. The molecule has 0 heterocycles. The minimum atomic E-state index is 0.301. The van der Waals surface area contributed by atoms with Gasteiger partial charge in [-0.15, -0.1) is 0 Å². The van der Waals surface area contributed by atoms with Gasteiger partial charge in [0.05, 0.1) is 0 Å². The predicted molar refractivity (Wildman–Crippen MR) is 80.4 cm³/mol. The van der Waals surface area contributed by atoms with Crippen LogP contribution in [-0.4, -0.2) is 18.8 Å². The molecule has 2 heteroatoms. The molecule has 0 fully saturated rings. The minimum absolute atomic E-state index is 0.301. The largest absolute Gasteiger partial charge is 0.161 e. The Kier molecular flexibility index (Phi) is 3.92. The summed E-state index contributed by atoms with van der Waals surface area (Å²) in [6.07, 6.45) is 4.73. The van der Waals surface area contributed by atoms with Gasteiger partial charge in [0.25, 0.3) is 0 Å². The third-order valence-electron chi connectivity index (χ3n) is 4.30. The van der Waals surface area contributed by atoms with Gasteiger partial charge in [0.15, 0.2) is 0 Å². The van der Waals surface area contributed by atoms with Crippen LogP contribution in [0.5, 0.6) is 0 Å². The lowest BCUT2D eigenvalue weighted by Gasteiger charge is -2.45. The summed E-state index contributed by atoms with van der Waals surface area (Å²) in [5.41, 5.74) is 3.43. The molecular formula is C15H22BS. The van der Waals surface area contributed by atoms with E-state index in [1.165, 1.54) is 12.7 Å². The lowest BCUT2D eigenvalue weighted by molar-refractivity contribution is 0.311. The molecule has 0 nitrogen and oxygen atoms in total. The third kappa shape index (κ3) is 2.29. The normalized spacial score (nSPS) is 26.4. The summed E-state index contributed by atoms with van der Waals surface area (Å²) in [7, 11) is 2.34. The predicted octanol–water partition coefficient (Wildman–Crippen LogP) is 4.04. The average molecular weight is 245 g/mol. The standard InChI is InChI=1S/C15H22BS/c1-15(2)12-8-6-5-7-11(12)9-14(17-4)13(15)10-16-3/h5-8,13-14H,9-10H2,1-4H3. The Balaban J connectivity index is 2.43. The molecule has 17 heavy (non-hydrogen) atoms. The zero-order valence-corrected chi connectivity index (χ0v) is 12.2. The summed E-state index contributed by atoms with van der Waals surface area (Å²) in [6.45, 7) is 7.03. The smallest absolute Gasteiger partial charge is 0.106 e. The number of thioether (sulfide) groups is 1. The average Bonchev–Trinajstić information content (AvgIpc) is 2.33. The van der Waals surface area contributed by atoms with Crippen LogP contribution in [0.25, 0.3) is 0 Å². The molecule has 91 valence electrons. The molecule has 0 amide bonds. The Labute approximate surface area is 111 Å². The van der Waals surface area contributed by atoms with Gasteiger partial charge >= 0.3 is 0 Å². The van der Waals surface area contributed by atoms with E-state index >= 15 is 0 Å². The van der Waals surface area contributed by atoms with Gasteiger partial charge < -0.3 is 0 Å². The van der Waals surface area contributed by atoms with Gasteiger partial charge in [-0.25, -0.2) is 0 Å². The van der Waals surface area contributed by atoms with Crippen molar-refractivity contribution >= 4 is 19.0 Å². The van der Waals surface area contributed by atoms with Gasteiger partial charge in [0.1, 0.15) is 7.28 Å². The maximum Gasteiger partial charge on any atom is 0.106 e. The first-order chi connectivity index (χ1) is 8.11. The van der Waals surface area contributed by atoms with Gasteiger partial charge in [-0.1, -0.05) is 51.3 Å². The zero-order valence-electron chi connectivity index (χ0n) is 11.4. The van der Waals surface area contributed by atoms with Crippen LogP contribution in [0.2, 0.25) is 13.1 Å². The monoisotopic (exact) mass is 245 g/mol. The van der Waals surface area contributed by atoms with Crippen molar-refractivity contribution in [3.05, 3.63) is 35.4 Å². The zero-order chi connectivity index (χ0) is 12.5. The topological polar surface area (TPSA) is 0 Å². The van der Waals surface area contributed by atoms with Crippen LogP contribution in [0.15, 0.2) is 24.3 Å². The van der Waals surface area contributed by atoms with E-state index in [1.54, 1.807) is 11.1 Å². The highest BCUT2D eigenvalue weighted by Gasteiger charge is 2.40. The van der Waals surface area contributed by atoms with Gasteiger partial charge in [0, 0.05) is 5.25 Å². The SMILES string of the molecule is C[B]CC1C(SC)Cc2ccccc2C1(C)C. The number of benzene rings is 1. The second-order valence-electron chi connectivity index (χ2n) is 5.61. The Morgan fingerprint density at radius 1 is 1.35 bits per heavy atom. The Morgan fingerprint density at radius 2 is 2.06 bits per heavy atom. The van der Waals surface area contributed by atoms with E-state index in [1.807, 2.05) is 11.8 Å². The van der Waals surface area contributed by atoms with Crippen molar-refractivity contribution in [2.45, 2.75) is 44.1 Å². The second kappa shape index (κ2) is 5.10. The Morgan fingerprint density at radius 3 is 2.71 bits per heavy atom. The summed E-state index contributed by atoms with van der Waals surface area (Å²) in [6, 6.07) is 9.01. The molecule has 0 aliphatic heterocycles. The van der Waals surface area contributed by atoms with Crippen LogP contribution >= 0.6 is 11.8 Å². The molecule has 0 aromatic heterocycles. The van der Waals surface area contributed by atoms with Gasteiger partial charge in [-0.05, 0) is 35.1 Å². The lowest BCUT2D eigenvalue weighted by atomic mass is 9.57. The minimum Gasteiger partial charge on any atom is -0.161 e. The van der Waals surface area contributed by atoms with Crippen molar-refractivity contribution in [2.75, 3.05) is 6.26 Å². The van der Waals surface area contributed by atoms with Crippen LogP contribution in [0.1, 0.15) is 25.0 Å². The van der Waals surface area contributed by atoms with Crippen molar-refractivity contribution in [3.8, 4) is 0 Å². The number of hydrogen-bond donors (Lipinski definition) is 0. The van der Waals surface area contributed by atoms with Crippen molar-refractivity contribution < 1.29 is 0 Å². The highest BCUT2D eigenvalue weighted by atomic mass is 32.2. The van der Waals surface area contributed by atoms with Crippen LogP contribution in [0.4, 0.5) is 0 Å². The lowest BCUT2D eigenvalue weighted by Crippen LogP contribution is -2.42. The Bertz CT molecular complexity index is 386. The summed E-state index contributed by atoms with van der Waals surface area (Å²) in [4.78, 5) is 0. The van der Waals surface area contributed by atoms with E-state index in [0.717, 1.165) is 11.2 Å². The van der Waals surface area contributed by atoms with Crippen LogP contribution in [-0.2, 0) is 11.8 Å². The first-order valence-corrected chi connectivity index (χ1v) is 7.79. The van der Waals surface area contributed by atoms with E-state index in [0.29, 0.717) is 5.41 Å². The van der Waals surface area contributed by atoms with E-state index in [4.69, 9.17) is 0 Å². The van der Waals surface area contributed by atoms with Crippen molar-refractivity contribution in [1.29, 1.82) is 0 Å². The van der Waals surface area contributed by atoms with E-state index in [2.05, 4.69) is 58.5 Å². The maximum absolute atomic E-state index is 2.42. The molecule has 1 aliphatic rings. The molecule has 1 aromatic carbocycles. The molecule has 0 N–H and O–H groups in total. The highest BCUT2D eigenvalue weighted by Crippen LogP contribution is 2.46. The van der Waals surface area contributed by atoms with Crippen LogP contribution in [0, 0.1) is 5.92 Å². The molecule has 0 spiro atoms. The number of hydrogen-bond acceptors (Lipinski definition) is 1. The molecule has 1 radical (unpaired) electrons. The second-order valence-corrected chi connectivity index (χ2v) is 6.68. The van der Waals surface area contributed by atoms with Crippen molar-refractivity contribution in [2.24, 2.45) is 5.92 Å². The Hall–Kier alpha value is -0.365. The molecule has 2 atom stereocenters. The van der Waals surface area contributed by atoms with Crippen molar-refractivity contribution in [1.82, 2.24) is 0 Å². The molecule has 0 bridgehead atoms. The number of rotatable bonds is 3. The van der Waals surface area contributed by atoms with Crippen LogP contribution in [0.3, 0.4) is 0 Å². The van der Waals surface area contributed by atoms with Crippen molar-refractivity contribution in [3.63, 3.8) is 0 Å². The van der Waals surface area contributed by atoms with E-state index < -0.39 is 0 Å². The molecule has 1 aliphatic carbocycles. The molecule has 2 unspecified atom stereocenters. The molecule has 1 aromatic rings. The highest BCUT2D eigenvalue weighted by molar-refractivity contribution is 7.99. The summed E-state index contributed by atoms with van der Waals surface area (Å²) in [5.74, 6) is 0.761. The maximum atomic E-state index is 2.42. The molecule has 0 saturated heterocycles. The molecule has 2 rings (SSSR count). The first kappa shape index (κ1) is 13.1. The summed E-state index contributed by atoms with van der Waals surface area (Å²) < 4.78 is 0. The summed E-state index contributed by atoms with van der Waals surface area (Å²) >= 11 is 2.04. The van der Waals surface area contributed by atoms with Gasteiger partial charge in [0.2, 0.25) is 0 Å². The summed E-state index contributed by atoms with van der Waals surface area (Å²) in [5, 5.41) is 0.760. The third-order valence-corrected chi connectivity index (χ3v) is 5.40. The van der Waals surface area contributed by atoms with Crippen LogP contribution < -0.4 is 0 Å². The van der Waals surface area contributed by atoms with Gasteiger partial charge in [-0.3, -0.25) is 0 Å². The fourth-order valence-corrected chi connectivity index (χ4v) is 4.42. The fraction of sp³-hybridized carbons (Fsp3) is 0.600. The first-order valence-electron chi connectivity index (χ1n) is 6.50.